The Bertz CT molecular complexity index is 295. The lowest BCUT2D eigenvalue weighted by atomic mass is 9.92. The van der Waals surface area contributed by atoms with Crippen LogP contribution in [0.2, 0.25) is 0 Å². The summed E-state index contributed by atoms with van der Waals surface area (Å²) in [5.74, 6) is 0.718. The van der Waals surface area contributed by atoms with Crippen LogP contribution in [0.1, 0.15) is 18.4 Å². The molecule has 1 aromatic rings. The molecule has 1 fully saturated rings. The molecular weight excluding hydrogens is 176 g/mol. The first-order valence-corrected chi connectivity index (χ1v) is 5.12. The van der Waals surface area contributed by atoms with Gasteiger partial charge >= 0.3 is 0 Å². The number of rotatable bonds is 2. The molecule has 2 heterocycles. The van der Waals surface area contributed by atoms with Crippen molar-refractivity contribution in [2.24, 2.45) is 5.92 Å². The van der Waals surface area contributed by atoms with Gasteiger partial charge in [-0.3, -0.25) is 4.98 Å². The van der Waals surface area contributed by atoms with Crippen LogP contribution < -0.4 is 5.73 Å². The van der Waals surface area contributed by atoms with Crippen LogP contribution in [0.4, 0.5) is 5.69 Å². The first kappa shape index (κ1) is 9.46. The Hall–Kier alpha value is -1.09. The highest BCUT2D eigenvalue weighted by Gasteiger charge is 2.15. The maximum absolute atomic E-state index is 5.87. The summed E-state index contributed by atoms with van der Waals surface area (Å²) in [7, 11) is 0. The SMILES string of the molecule is Nc1ccncc1CC1CCOCC1. The number of anilines is 1. The molecule has 14 heavy (non-hydrogen) atoms. The Balaban J connectivity index is 1.99. The minimum Gasteiger partial charge on any atom is -0.398 e. The van der Waals surface area contributed by atoms with Crippen molar-refractivity contribution in [2.45, 2.75) is 19.3 Å². The average molecular weight is 192 g/mol. The molecule has 0 spiro atoms. The Morgan fingerprint density at radius 1 is 1.43 bits per heavy atom. The molecule has 3 nitrogen and oxygen atoms in total. The molecule has 1 aliphatic heterocycles. The van der Waals surface area contributed by atoms with Crippen molar-refractivity contribution in [1.82, 2.24) is 4.98 Å². The van der Waals surface area contributed by atoms with Crippen LogP contribution in [0.25, 0.3) is 0 Å². The van der Waals surface area contributed by atoms with Gasteiger partial charge in [-0.2, -0.15) is 0 Å². The Morgan fingerprint density at radius 3 is 2.93 bits per heavy atom. The number of nitrogens with two attached hydrogens (primary N) is 1. The van der Waals surface area contributed by atoms with Gasteiger partial charge in [-0.1, -0.05) is 0 Å². The van der Waals surface area contributed by atoms with Crippen LogP contribution in [0, 0.1) is 5.92 Å². The lowest BCUT2D eigenvalue weighted by Gasteiger charge is -2.22. The fraction of sp³-hybridized carbons (Fsp3) is 0.545. The molecule has 1 aliphatic rings. The summed E-state index contributed by atoms with van der Waals surface area (Å²) in [5.41, 5.74) is 7.91. The van der Waals surface area contributed by atoms with Crippen LogP contribution in [-0.2, 0) is 11.2 Å². The number of pyridine rings is 1. The summed E-state index contributed by atoms with van der Waals surface area (Å²) in [6, 6.07) is 1.87. The third-order valence-corrected chi connectivity index (χ3v) is 2.79. The van der Waals surface area contributed by atoms with E-state index in [1.807, 2.05) is 12.3 Å². The normalized spacial score (nSPS) is 18.3. The van der Waals surface area contributed by atoms with E-state index in [4.69, 9.17) is 10.5 Å². The molecule has 0 bridgehead atoms. The topological polar surface area (TPSA) is 48.1 Å². The molecule has 1 saturated heterocycles. The van der Waals surface area contributed by atoms with Gasteiger partial charge in [0.25, 0.3) is 0 Å². The highest BCUT2D eigenvalue weighted by Crippen LogP contribution is 2.22. The van der Waals surface area contributed by atoms with Crippen LogP contribution >= 0.6 is 0 Å². The van der Waals surface area contributed by atoms with Crippen LogP contribution in [-0.4, -0.2) is 18.2 Å². The van der Waals surface area contributed by atoms with Crippen molar-refractivity contribution in [3.05, 3.63) is 24.0 Å². The predicted octanol–water partition coefficient (Wildman–Crippen LogP) is 1.63. The number of aromatic nitrogens is 1. The predicted molar refractivity (Wildman–Crippen MR) is 55.9 cm³/mol. The van der Waals surface area contributed by atoms with E-state index in [1.165, 1.54) is 5.56 Å². The zero-order chi connectivity index (χ0) is 9.80. The van der Waals surface area contributed by atoms with Crippen molar-refractivity contribution < 1.29 is 4.74 Å². The van der Waals surface area contributed by atoms with Crippen molar-refractivity contribution in [3.8, 4) is 0 Å². The highest BCUT2D eigenvalue weighted by molar-refractivity contribution is 5.44. The summed E-state index contributed by atoms with van der Waals surface area (Å²) in [5, 5.41) is 0. The number of nitrogens with zero attached hydrogens (tertiary/aromatic N) is 1. The Kier molecular flexibility index (Phi) is 2.99. The molecule has 0 amide bonds. The van der Waals surface area contributed by atoms with Gasteiger partial charge in [0, 0.05) is 31.3 Å². The fourth-order valence-corrected chi connectivity index (χ4v) is 1.87. The first-order valence-electron chi connectivity index (χ1n) is 5.12. The molecule has 3 heteroatoms. The number of hydrogen-bond donors (Lipinski definition) is 1. The lowest BCUT2D eigenvalue weighted by molar-refractivity contribution is 0.0665. The van der Waals surface area contributed by atoms with Crippen molar-refractivity contribution in [2.75, 3.05) is 18.9 Å². The van der Waals surface area contributed by atoms with Gasteiger partial charge in [-0.15, -0.1) is 0 Å². The van der Waals surface area contributed by atoms with Gasteiger partial charge in [0.05, 0.1) is 0 Å². The summed E-state index contributed by atoms with van der Waals surface area (Å²) in [6.07, 6.45) is 6.96. The minimum absolute atomic E-state index is 0.718. The molecule has 1 aromatic heterocycles. The van der Waals surface area contributed by atoms with E-state index in [9.17, 15) is 0 Å². The second kappa shape index (κ2) is 4.42. The van der Waals surface area contributed by atoms with E-state index in [0.29, 0.717) is 0 Å². The van der Waals surface area contributed by atoms with E-state index in [1.54, 1.807) is 6.20 Å². The van der Waals surface area contributed by atoms with Crippen molar-refractivity contribution in [1.29, 1.82) is 0 Å². The van der Waals surface area contributed by atoms with Crippen molar-refractivity contribution in [3.63, 3.8) is 0 Å². The highest BCUT2D eigenvalue weighted by atomic mass is 16.5. The molecule has 0 radical (unpaired) electrons. The summed E-state index contributed by atoms with van der Waals surface area (Å²) >= 11 is 0. The molecule has 2 rings (SSSR count). The molecule has 0 aliphatic carbocycles. The van der Waals surface area contributed by atoms with Crippen LogP contribution in [0.15, 0.2) is 18.5 Å². The zero-order valence-corrected chi connectivity index (χ0v) is 8.28. The van der Waals surface area contributed by atoms with Gasteiger partial charge in [-0.25, -0.2) is 0 Å². The smallest absolute Gasteiger partial charge is 0.0468 e. The van der Waals surface area contributed by atoms with E-state index in [0.717, 1.165) is 44.1 Å². The second-order valence-corrected chi connectivity index (χ2v) is 3.83. The number of nitrogen functional groups attached to an aromatic ring is 1. The maximum atomic E-state index is 5.87. The third-order valence-electron chi connectivity index (χ3n) is 2.79. The Labute approximate surface area is 84.3 Å². The molecule has 0 aromatic carbocycles. The van der Waals surface area contributed by atoms with Crippen molar-refractivity contribution >= 4 is 5.69 Å². The molecule has 0 atom stereocenters. The lowest BCUT2D eigenvalue weighted by Crippen LogP contribution is -2.18. The zero-order valence-electron chi connectivity index (χ0n) is 8.28. The van der Waals surface area contributed by atoms with E-state index < -0.39 is 0 Å². The molecule has 0 unspecified atom stereocenters. The van der Waals surface area contributed by atoms with Gasteiger partial charge in [0.15, 0.2) is 0 Å². The fourth-order valence-electron chi connectivity index (χ4n) is 1.87. The van der Waals surface area contributed by atoms with Gasteiger partial charge in [0.2, 0.25) is 0 Å². The van der Waals surface area contributed by atoms with Gasteiger partial charge in [0.1, 0.15) is 0 Å². The molecular formula is C11H16N2O. The second-order valence-electron chi connectivity index (χ2n) is 3.83. The standard InChI is InChI=1S/C11H16N2O/c12-11-1-4-13-8-10(11)7-9-2-5-14-6-3-9/h1,4,8-9H,2-3,5-7H2,(H2,12,13). The van der Waals surface area contributed by atoms with Crippen LogP contribution in [0.5, 0.6) is 0 Å². The minimum atomic E-state index is 0.718. The Morgan fingerprint density at radius 2 is 2.21 bits per heavy atom. The third kappa shape index (κ3) is 2.23. The van der Waals surface area contributed by atoms with Gasteiger partial charge in [-0.05, 0) is 36.8 Å². The van der Waals surface area contributed by atoms with E-state index >= 15 is 0 Å². The molecule has 2 N–H and O–H groups in total. The quantitative estimate of drug-likeness (QED) is 0.774. The summed E-state index contributed by atoms with van der Waals surface area (Å²) < 4.78 is 5.32. The molecule has 0 saturated carbocycles. The summed E-state index contributed by atoms with van der Waals surface area (Å²) in [6.45, 7) is 1.79. The van der Waals surface area contributed by atoms with Gasteiger partial charge < -0.3 is 10.5 Å². The molecule has 76 valence electrons. The summed E-state index contributed by atoms with van der Waals surface area (Å²) in [4.78, 5) is 4.10. The van der Waals surface area contributed by atoms with E-state index in [2.05, 4.69) is 4.98 Å². The number of ether oxygens (including phenoxy) is 1. The number of hydrogen-bond acceptors (Lipinski definition) is 3. The van der Waals surface area contributed by atoms with Crippen LogP contribution in [0.3, 0.4) is 0 Å². The van der Waals surface area contributed by atoms with E-state index in [-0.39, 0.29) is 0 Å². The first-order chi connectivity index (χ1) is 6.86. The monoisotopic (exact) mass is 192 g/mol. The average Bonchev–Trinajstić information content (AvgIpc) is 2.23. The largest absolute Gasteiger partial charge is 0.398 e. The maximum Gasteiger partial charge on any atom is 0.0468 e.